The Bertz CT molecular complexity index is 644. The van der Waals surface area contributed by atoms with Gasteiger partial charge in [0.15, 0.2) is 6.33 Å². The Hall–Kier alpha value is -2.60. The molecule has 104 valence electrons. The van der Waals surface area contributed by atoms with Gasteiger partial charge in [-0.3, -0.25) is 0 Å². The van der Waals surface area contributed by atoms with E-state index in [1.165, 1.54) is 13.4 Å². The number of nitrogens with zero attached hydrogens (tertiary/aromatic N) is 3. The van der Waals surface area contributed by atoms with Crippen LogP contribution in [0, 0.1) is 11.3 Å². The highest BCUT2D eigenvalue weighted by Gasteiger charge is 2.21. The molecule has 0 aliphatic rings. The molecule has 9 heteroatoms. The molecule has 3 N–H and O–H groups in total. The van der Waals surface area contributed by atoms with Gasteiger partial charge in [-0.15, -0.1) is 11.3 Å². The molecule has 0 spiro atoms. The smallest absolute Gasteiger partial charge is 0.350 e. The maximum absolute atomic E-state index is 11.5. The molecule has 0 saturated carbocycles. The van der Waals surface area contributed by atoms with E-state index in [4.69, 9.17) is 15.5 Å². The van der Waals surface area contributed by atoms with Crippen LogP contribution in [0.25, 0.3) is 0 Å². The zero-order chi connectivity index (χ0) is 14.5. The first-order valence-electron chi connectivity index (χ1n) is 5.57. The Morgan fingerprint density at radius 3 is 3.10 bits per heavy atom. The van der Waals surface area contributed by atoms with Gasteiger partial charge in [0.2, 0.25) is 5.89 Å². The fourth-order valence-corrected chi connectivity index (χ4v) is 2.53. The van der Waals surface area contributed by atoms with Crippen LogP contribution < -0.4 is 11.1 Å². The third kappa shape index (κ3) is 2.70. The molecule has 0 bridgehead atoms. The fourth-order valence-electron chi connectivity index (χ4n) is 1.51. The van der Waals surface area contributed by atoms with Crippen molar-refractivity contribution in [1.82, 2.24) is 10.1 Å². The standard InChI is InChI=1S/C11H11N5O3S/c1-18-11(17)9-8(13)6(4-12)10(20-9)14-3-2-7-15-5-16-19-7/h5,14H,2-3,13H2,1H3. The second-order valence-electron chi connectivity index (χ2n) is 3.66. The number of ether oxygens (including phenoxy) is 1. The number of carbonyl (C=O) groups excluding carboxylic acids is 1. The van der Waals surface area contributed by atoms with Crippen LogP contribution in [-0.2, 0) is 11.2 Å². The average Bonchev–Trinajstić information content (AvgIpc) is 3.06. The minimum absolute atomic E-state index is 0.129. The maximum atomic E-state index is 11.5. The van der Waals surface area contributed by atoms with Crippen LogP contribution in [0.15, 0.2) is 10.9 Å². The predicted octanol–water partition coefficient (Wildman–Crippen LogP) is 1.03. The van der Waals surface area contributed by atoms with Crippen LogP contribution in [0.5, 0.6) is 0 Å². The van der Waals surface area contributed by atoms with Crippen molar-refractivity contribution in [3.63, 3.8) is 0 Å². The predicted molar refractivity (Wildman–Crippen MR) is 71.3 cm³/mol. The Balaban J connectivity index is 2.11. The zero-order valence-electron chi connectivity index (χ0n) is 10.5. The van der Waals surface area contributed by atoms with Gasteiger partial charge in [0.05, 0.1) is 12.8 Å². The lowest BCUT2D eigenvalue weighted by molar-refractivity contribution is 0.0607. The molecule has 0 unspecified atom stereocenters. The summed E-state index contributed by atoms with van der Waals surface area (Å²) in [6, 6.07) is 1.97. The molecule has 0 radical (unpaired) electrons. The Morgan fingerprint density at radius 1 is 1.70 bits per heavy atom. The van der Waals surface area contributed by atoms with Crippen LogP contribution in [0.2, 0.25) is 0 Å². The molecule has 0 aliphatic heterocycles. The van der Waals surface area contributed by atoms with Gasteiger partial charge in [-0.2, -0.15) is 10.2 Å². The largest absolute Gasteiger partial charge is 0.465 e. The highest BCUT2D eigenvalue weighted by molar-refractivity contribution is 7.18. The molecule has 0 amide bonds. The Morgan fingerprint density at radius 2 is 2.50 bits per heavy atom. The number of nitrogen functional groups attached to an aromatic ring is 1. The minimum atomic E-state index is -0.561. The number of methoxy groups -OCH3 is 1. The molecule has 2 heterocycles. The van der Waals surface area contributed by atoms with Gasteiger partial charge in [0.25, 0.3) is 0 Å². The number of hydrogen-bond acceptors (Lipinski definition) is 9. The summed E-state index contributed by atoms with van der Waals surface area (Å²) < 4.78 is 9.47. The summed E-state index contributed by atoms with van der Waals surface area (Å²) in [5, 5.41) is 16.1. The van der Waals surface area contributed by atoms with E-state index >= 15 is 0 Å². The number of nitrogens with one attached hydrogen (secondary N) is 1. The van der Waals surface area contributed by atoms with E-state index in [0.717, 1.165) is 11.3 Å². The first-order valence-corrected chi connectivity index (χ1v) is 6.39. The lowest BCUT2D eigenvalue weighted by Crippen LogP contribution is -2.05. The molecular weight excluding hydrogens is 282 g/mol. The monoisotopic (exact) mass is 293 g/mol. The molecule has 2 aromatic heterocycles. The third-order valence-corrected chi connectivity index (χ3v) is 3.60. The van der Waals surface area contributed by atoms with E-state index in [0.29, 0.717) is 23.9 Å². The SMILES string of the molecule is COC(=O)c1sc(NCCc2ncno2)c(C#N)c1N. The average molecular weight is 293 g/mol. The van der Waals surface area contributed by atoms with Crippen molar-refractivity contribution in [2.45, 2.75) is 6.42 Å². The van der Waals surface area contributed by atoms with Gasteiger partial charge in [0, 0.05) is 13.0 Å². The molecule has 20 heavy (non-hydrogen) atoms. The van der Waals surface area contributed by atoms with Crippen molar-refractivity contribution >= 4 is 28.0 Å². The van der Waals surface area contributed by atoms with Crippen LogP contribution >= 0.6 is 11.3 Å². The van der Waals surface area contributed by atoms with Gasteiger partial charge in [-0.05, 0) is 0 Å². The molecule has 0 fully saturated rings. The number of hydrogen-bond donors (Lipinski definition) is 2. The van der Waals surface area contributed by atoms with Gasteiger partial charge in [0.1, 0.15) is 21.5 Å². The molecule has 0 aliphatic carbocycles. The van der Waals surface area contributed by atoms with E-state index in [2.05, 4.69) is 20.2 Å². The first-order chi connectivity index (χ1) is 9.67. The second-order valence-corrected chi connectivity index (χ2v) is 4.68. The summed E-state index contributed by atoms with van der Waals surface area (Å²) in [6.07, 6.45) is 1.81. The number of rotatable bonds is 5. The number of anilines is 2. The Labute approximate surface area is 118 Å². The van der Waals surface area contributed by atoms with E-state index < -0.39 is 5.97 Å². The third-order valence-electron chi connectivity index (χ3n) is 2.46. The molecule has 0 aromatic carbocycles. The highest BCUT2D eigenvalue weighted by Crippen LogP contribution is 2.35. The van der Waals surface area contributed by atoms with Gasteiger partial charge in [-0.25, -0.2) is 4.79 Å². The number of carbonyl (C=O) groups is 1. The minimum Gasteiger partial charge on any atom is -0.465 e. The summed E-state index contributed by atoms with van der Waals surface area (Å²) in [6.45, 7) is 0.470. The van der Waals surface area contributed by atoms with Crippen LogP contribution in [-0.4, -0.2) is 29.8 Å². The number of aromatic nitrogens is 2. The summed E-state index contributed by atoms with van der Waals surface area (Å²) >= 11 is 1.08. The topological polar surface area (TPSA) is 127 Å². The van der Waals surface area contributed by atoms with Crippen molar-refractivity contribution in [1.29, 1.82) is 5.26 Å². The molecule has 2 aromatic rings. The lowest BCUT2D eigenvalue weighted by Gasteiger charge is -2.01. The van der Waals surface area contributed by atoms with Crippen LogP contribution in [0.3, 0.4) is 0 Å². The quantitative estimate of drug-likeness (QED) is 0.782. The summed E-state index contributed by atoms with van der Waals surface area (Å²) in [5.41, 5.74) is 6.13. The number of esters is 1. The normalized spacial score (nSPS) is 10.0. The highest BCUT2D eigenvalue weighted by atomic mass is 32.1. The number of thiophene rings is 1. The summed E-state index contributed by atoms with van der Waals surface area (Å²) in [7, 11) is 1.26. The summed E-state index contributed by atoms with van der Waals surface area (Å²) in [4.78, 5) is 15.6. The van der Waals surface area contributed by atoms with Crippen LogP contribution in [0.1, 0.15) is 21.1 Å². The van der Waals surface area contributed by atoms with Gasteiger partial charge < -0.3 is 20.3 Å². The summed E-state index contributed by atoms with van der Waals surface area (Å²) in [5.74, 6) is -0.0809. The van der Waals surface area contributed by atoms with Gasteiger partial charge in [-0.1, -0.05) is 5.16 Å². The van der Waals surface area contributed by atoms with E-state index in [-0.39, 0.29) is 16.1 Å². The maximum Gasteiger partial charge on any atom is 0.350 e. The van der Waals surface area contributed by atoms with Gasteiger partial charge >= 0.3 is 5.97 Å². The fraction of sp³-hybridized carbons (Fsp3) is 0.273. The van der Waals surface area contributed by atoms with Crippen molar-refractivity contribution < 1.29 is 14.1 Å². The van der Waals surface area contributed by atoms with E-state index in [1.54, 1.807) is 0 Å². The first kappa shape index (κ1) is 13.8. The zero-order valence-corrected chi connectivity index (χ0v) is 11.4. The number of nitrogens with two attached hydrogens (primary N) is 1. The molecule has 0 saturated heterocycles. The van der Waals surface area contributed by atoms with E-state index in [1.807, 2.05) is 6.07 Å². The van der Waals surface area contributed by atoms with Crippen LogP contribution in [0.4, 0.5) is 10.7 Å². The van der Waals surface area contributed by atoms with Crippen molar-refractivity contribution in [2.75, 3.05) is 24.7 Å². The second kappa shape index (κ2) is 6.03. The van der Waals surface area contributed by atoms with Crippen molar-refractivity contribution in [3.05, 3.63) is 22.7 Å². The van der Waals surface area contributed by atoms with Crippen molar-refractivity contribution in [3.8, 4) is 6.07 Å². The molecule has 8 nitrogen and oxygen atoms in total. The molecular formula is C11H11N5O3S. The molecule has 2 rings (SSSR count). The number of nitriles is 1. The molecule has 0 atom stereocenters. The van der Waals surface area contributed by atoms with E-state index in [9.17, 15) is 4.79 Å². The Kier molecular flexibility index (Phi) is 4.17. The van der Waals surface area contributed by atoms with Crippen molar-refractivity contribution in [2.24, 2.45) is 0 Å². The lowest BCUT2D eigenvalue weighted by atomic mass is 10.2.